The van der Waals surface area contributed by atoms with Gasteiger partial charge in [0.15, 0.2) is 0 Å². The van der Waals surface area contributed by atoms with Crippen LogP contribution in [0.15, 0.2) is 11.6 Å². The molecule has 0 aliphatic heterocycles. The maximum atomic E-state index is 2.48. The molecule has 0 amide bonds. The summed E-state index contributed by atoms with van der Waals surface area (Å²) in [5.74, 6) is 2.56. The van der Waals surface area contributed by atoms with Gasteiger partial charge in [0.05, 0.1) is 0 Å². The molecule has 0 bridgehead atoms. The molecule has 0 N–H and O–H groups in total. The van der Waals surface area contributed by atoms with E-state index in [1.807, 2.05) is 0 Å². The second-order valence-electron chi connectivity index (χ2n) is 4.35. The Bertz CT molecular complexity index is 153. The van der Waals surface area contributed by atoms with Crippen LogP contribution in [-0.4, -0.2) is 0 Å². The molecule has 0 fully saturated rings. The van der Waals surface area contributed by atoms with Crippen LogP contribution in [0.1, 0.15) is 40.5 Å². The van der Waals surface area contributed by atoms with Crippen LogP contribution in [0.2, 0.25) is 0 Å². The first-order valence-corrected chi connectivity index (χ1v) is 4.78. The fraction of sp³-hybridized carbons (Fsp3) is 0.818. The Balaban J connectivity index is 2.67. The van der Waals surface area contributed by atoms with Gasteiger partial charge in [-0.05, 0) is 37.5 Å². The van der Waals surface area contributed by atoms with Gasteiger partial charge < -0.3 is 0 Å². The monoisotopic (exact) mass is 152 g/mol. The summed E-state index contributed by atoms with van der Waals surface area (Å²) >= 11 is 0. The Hall–Kier alpha value is -0.260. The van der Waals surface area contributed by atoms with Crippen LogP contribution in [0.25, 0.3) is 0 Å². The Morgan fingerprint density at radius 2 is 2.09 bits per heavy atom. The summed E-state index contributed by atoms with van der Waals surface area (Å²) in [5.41, 5.74) is 1.60. The normalized spacial score (nSPS) is 32.3. The Kier molecular flexibility index (Phi) is 2.75. The van der Waals surface area contributed by atoms with Crippen molar-refractivity contribution in [1.82, 2.24) is 0 Å². The highest BCUT2D eigenvalue weighted by atomic mass is 14.3. The van der Waals surface area contributed by atoms with E-state index in [1.54, 1.807) is 5.57 Å². The van der Waals surface area contributed by atoms with Gasteiger partial charge in [0.1, 0.15) is 0 Å². The van der Waals surface area contributed by atoms with E-state index in [-0.39, 0.29) is 0 Å². The highest BCUT2D eigenvalue weighted by molar-refractivity contribution is 5.07. The molecule has 2 unspecified atom stereocenters. The summed E-state index contributed by atoms with van der Waals surface area (Å²) in [5, 5.41) is 0. The second kappa shape index (κ2) is 3.42. The SMILES string of the molecule is CC1=CC(C(C)C)C(C)CC1. The number of hydrogen-bond acceptors (Lipinski definition) is 0. The van der Waals surface area contributed by atoms with E-state index in [2.05, 4.69) is 33.8 Å². The summed E-state index contributed by atoms with van der Waals surface area (Å²) in [6, 6.07) is 0. The largest absolute Gasteiger partial charge is 0.0820 e. The molecular weight excluding hydrogens is 132 g/mol. The molecule has 1 aliphatic carbocycles. The van der Waals surface area contributed by atoms with E-state index in [9.17, 15) is 0 Å². The van der Waals surface area contributed by atoms with Crippen molar-refractivity contribution in [2.75, 3.05) is 0 Å². The van der Waals surface area contributed by atoms with E-state index < -0.39 is 0 Å². The highest BCUT2D eigenvalue weighted by Gasteiger charge is 2.21. The topological polar surface area (TPSA) is 0 Å². The predicted molar refractivity (Wildman–Crippen MR) is 50.5 cm³/mol. The zero-order chi connectivity index (χ0) is 8.43. The maximum Gasteiger partial charge on any atom is -0.0182 e. The highest BCUT2D eigenvalue weighted by Crippen LogP contribution is 2.32. The lowest BCUT2D eigenvalue weighted by Crippen LogP contribution is -2.19. The van der Waals surface area contributed by atoms with Gasteiger partial charge in [0, 0.05) is 0 Å². The molecule has 11 heavy (non-hydrogen) atoms. The molecular formula is C11H20. The van der Waals surface area contributed by atoms with Gasteiger partial charge in [0.25, 0.3) is 0 Å². The van der Waals surface area contributed by atoms with Crippen LogP contribution in [-0.2, 0) is 0 Å². The molecule has 0 heteroatoms. The minimum atomic E-state index is 0.820. The molecule has 0 heterocycles. The Morgan fingerprint density at radius 1 is 1.45 bits per heavy atom. The average molecular weight is 152 g/mol. The summed E-state index contributed by atoms with van der Waals surface area (Å²) < 4.78 is 0. The van der Waals surface area contributed by atoms with E-state index in [1.165, 1.54) is 12.8 Å². The third kappa shape index (κ3) is 2.08. The van der Waals surface area contributed by atoms with Gasteiger partial charge in [-0.25, -0.2) is 0 Å². The molecule has 0 aromatic rings. The smallest absolute Gasteiger partial charge is 0.0182 e. The van der Waals surface area contributed by atoms with Crippen molar-refractivity contribution in [3.8, 4) is 0 Å². The predicted octanol–water partition coefficient (Wildman–Crippen LogP) is 3.63. The van der Waals surface area contributed by atoms with E-state index >= 15 is 0 Å². The van der Waals surface area contributed by atoms with Gasteiger partial charge in [-0.2, -0.15) is 0 Å². The van der Waals surface area contributed by atoms with Crippen LogP contribution in [0.5, 0.6) is 0 Å². The summed E-state index contributed by atoms with van der Waals surface area (Å²) in [6.07, 6.45) is 5.20. The van der Waals surface area contributed by atoms with Gasteiger partial charge >= 0.3 is 0 Å². The van der Waals surface area contributed by atoms with Gasteiger partial charge in [-0.15, -0.1) is 0 Å². The molecule has 0 nitrogen and oxygen atoms in total. The van der Waals surface area contributed by atoms with Crippen molar-refractivity contribution < 1.29 is 0 Å². The number of allylic oxidation sites excluding steroid dienone is 2. The standard InChI is InChI=1S/C11H20/c1-8(2)11-7-9(3)5-6-10(11)4/h7-8,10-11H,5-6H2,1-4H3. The van der Waals surface area contributed by atoms with Crippen LogP contribution in [0, 0.1) is 17.8 Å². The maximum absolute atomic E-state index is 2.48. The van der Waals surface area contributed by atoms with E-state index in [0.29, 0.717) is 0 Å². The molecule has 0 aromatic heterocycles. The van der Waals surface area contributed by atoms with Crippen LogP contribution >= 0.6 is 0 Å². The quantitative estimate of drug-likeness (QED) is 0.503. The third-order valence-electron chi connectivity index (χ3n) is 2.90. The fourth-order valence-corrected chi connectivity index (χ4v) is 2.07. The van der Waals surface area contributed by atoms with Gasteiger partial charge in [-0.1, -0.05) is 32.4 Å². The van der Waals surface area contributed by atoms with Crippen molar-refractivity contribution in [3.63, 3.8) is 0 Å². The third-order valence-corrected chi connectivity index (χ3v) is 2.90. The lowest BCUT2D eigenvalue weighted by atomic mass is 9.76. The Morgan fingerprint density at radius 3 is 2.55 bits per heavy atom. The molecule has 64 valence electrons. The molecule has 0 radical (unpaired) electrons. The lowest BCUT2D eigenvalue weighted by molar-refractivity contribution is 0.301. The molecule has 0 saturated carbocycles. The van der Waals surface area contributed by atoms with Crippen molar-refractivity contribution in [1.29, 1.82) is 0 Å². The van der Waals surface area contributed by atoms with Crippen LogP contribution in [0.3, 0.4) is 0 Å². The van der Waals surface area contributed by atoms with E-state index in [4.69, 9.17) is 0 Å². The molecule has 2 atom stereocenters. The van der Waals surface area contributed by atoms with Crippen LogP contribution < -0.4 is 0 Å². The van der Waals surface area contributed by atoms with Gasteiger partial charge in [-0.3, -0.25) is 0 Å². The molecule has 1 aliphatic rings. The first-order valence-electron chi connectivity index (χ1n) is 4.78. The first-order chi connectivity index (χ1) is 5.11. The van der Waals surface area contributed by atoms with Crippen molar-refractivity contribution in [2.45, 2.75) is 40.5 Å². The number of hydrogen-bond donors (Lipinski definition) is 0. The number of rotatable bonds is 1. The lowest BCUT2D eigenvalue weighted by Gasteiger charge is -2.29. The van der Waals surface area contributed by atoms with Crippen molar-refractivity contribution in [2.24, 2.45) is 17.8 Å². The minimum Gasteiger partial charge on any atom is -0.0820 e. The zero-order valence-electron chi connectivity index (χ0n) is 8.22. The summed E-state index contributed by atoms with van der Waals surface area (Å²) in [6.45, 7) is 9.31. The molecule has 0 spiro atoms. The van der Waals surface area contributed by atoms with E-state index in [0.717, 1.165) is 17.8 Å². The van der Waals surface area contributed by atoms with Gasteiger partial charge in [0.2, 0.25) is 0 Å². The average Bonchev–Trinajstić information content (AvgIpc) is 1.94. The molecule has 0 aromatic carbocycles. The fourth-order valence-electron chi connectivity index (χ4n) is 2.07. The van der Waals surface area contributed by atoms with Crippen molar-refractivity contribution in [3.05, 3.63) is 11.6 Å². The second-order valence-corrected chi connectivity index (χ2v) is 4.35. The first kappa shape index (κ1) is 8.83. The van der Waals surface area contributed by atoms with Crippen molar-refractivity contribution >= 4 is 0 Å². The Labute approximate surface area is 70.7 Å². The van der Waals surface area contributed by atoms with Crippen LogP contribution in [0.4, 0.5) is 0 Å². The zero-order valence-corrected chi connectivity index (χ0v) is 8.22. The minimum absolute atomic E-state index is 0.820. The summed E-state index contributed by atoms with van der Waals surface area (Å²) in [4.78, 5) is 0. The molecule has 1 rings (SSSR count). The summed E-state index contributed by atoms with van der Waals surface area (Å²) in [7, 11) is 0. The molecule has 0 saturated heterocycles.